The van der Waals surface area contributed by atoms with E-state index in [0.717, 1.165) is 10.6 Å². The molecule has 0 atom stereocenters. The number of sulfonamides is 1. The number of rotatable bonds is 2. The monoisotopic (exact) mass is 378 g/mol. The number of hydrogen-bond donors (Lipinski definition) is 0. The zero-order valence-electron chi connectivity index (χ0n) is 14.1. The van der Waals surface area contributed by atoms with E-state index in [1.54, 1.807) is 6.92 Å². The van der Waals surface area contributed by atoms with Crippen LogP contribution in [0.5, 0.6) is 0 Å². The van der Waals surface area contributed by atoms with Gasteiger partial charge in [-0.05, 0) is 26.0 Å². The maximum absolute atomic E-state index is 13.5. The largest absolute Gasteiger partial charge is 0.360 e. The van der Waals surface area contributed by atoms with Gasteiger partial charge in [0.25, 0.3) is 5.56 Å². The number of nitrogens with zero attached hydrogens (tertiary/aromatic N) is 4. The van der Waals surface area contributed by atoms with Crippen molar-refractivity contribution >= 4 is 15.7 Å². The van der Waals surface area contributed by atoms with Gasteiger partial charge >= 0.3 is 0 Å². The molecule has 0 unspecified atom stereocenters. The predicted molar refractivity (Wildman–Crippen MR) is 88.7 cm³/mol. The normalized spacial score (nSPS) is 15.3. The minimum atomic E-state index is -3.87. The zero-order valence-corrected chi connectivity index (χ0v) is 14.9. The Hall–Kier alpha value is -2.59. The van der Waals surface area contributed by atoms with Gasteiger partial charge in [0.05, 0.1) is 11.3 Å². The Kier molecular flexibility index (Phi) is 3.70. The summed E-state index contributed by atoms with van der Waals surface area (Å²) >= 11 is 0. The van der Waals surface area contributed by atoms with Crippen molar-refractivity contribution in [1.29, 1.82) is 0 Å². The van der Waals surface area contributed by atoms with Crippen LogP contribution in [0.15, 0.2) is 32.5 Å². The first-order chi connectivity index (χ1) is 12.3. The Balaban J connectivity index is 1.82. The third kappa shape index (κ3) is 2.44. The van der Waals surface area contributed by atoms with Crippen molar-refractivity contribution in [2.24, 2.45) is 0 Å². The van der Waals surface area contributed by atoms with Crippen LogP contribution in [-0.4, -0.2) is 33.8 Å². The first-order valence-electron chi connectivity index (χ1n) is 7.91. The van der Waals surface area contributed by atoms with Gasteiger partial charge in [-0.3, -0.25) is 9.20 Å². The van der Waals surface area contributed by atoms with E-state index in [2.05, 4.69) is 10.1 Å². The summed E-state index contributed by atoms with van der Waals surface area (Å²) in [6, 6.07) is 2.65. The van der Waals surface area contributed by atoms with Gasteiger partial charge in [-0.1, -0.05) is 5.16 Å². The van der Waals surface area contributed by atoms with Crippen molar-refractivity contribution in [3.8, 4) is 0 Å². The van der Waals surface area contributed by atoms with E-state index < -0.39 is 21.4 Å². The molecule has 0 saturated carbocycles. The molecule has 0 saturated heterocycles. The van der Waals surface area contributed by atoms with E-state index >= 15 is 0 Å². The molecule has 4 rings (SSSR count). The summed E-state index contributed by atoms with van der Waals surface area (Å²) in [6.07, 6.45) is 1.34. The quantitative estimate of drug-likeness (QED) is 0.664. The summed E-state index contributed by atoms with van der Waals surface area (Å²) in [5, 5.41) is 3.69. The van der Waals surface area contributed by atoms with Gasteiger partial charge in [0, 0.05) is 25.7 Å². The summed E-state index contributed by atoms with van der Waals surface area (Å²) in [4.78, 5) is 17.1. The van der Waals surface area contributed by atoms with Crippen LogP contribution in [-0.2, 0) is 23.0 Å². The standard InChI is InChI=1S/C16H15FN4O4S/c1-9-15(10(2)25-19-9)26(23,24)20-6-5-13-12(8-20)16(22)21-7-11(17)3-4-14(21)18-13/h3-4,7H,5-6,8H2,1-2H3. The average Bonchev–Trinajstić information content (AvgIpc) is 2.94. The van der Waals surface area contributed by atoms with Crippen LogP contribution in [0.2, 0.25) is 0 Å². The van der Waals surface area contributed by atoms with Gasteiger partial charge in [-0.25, -0.2) is 17.8 Å². The first-order valence-corrected chi connectivity index (χ1v) is 9.36. The number of hydrogen-bond acceptors (Lipinski definition) is 6. The summed E-state index contributed by atoms with van der Waals surface area (Å²) in [6.45, 7) is 3.13. The molecule has 4 heterocycles. The SMILES string of the molecule is Cc1noc(C)c1S(=O)(=O)N1CCc2nc3ccc(F)cn3c(=O)c2C1. The molecule has 1 aliphatic rings. The Morgan fingerprint density at radius 3 is 2.73 bits per heavy atom. The Bertz CT molecular complexity index is 1180. The number of aryl methyl sites for hydroxylation is 2. The second-order valence-electron chi connectivity index (χ2n) is 6.16. The lowest BCUT2D eigenvalue weighted by Gasteiger charge is -2.27. The van der Waals surface area contributed by atoms with Crippen molar-refractivity contribution in [3.05, 3.63) is 57.2 Å². The maximum Gasteiger partial charge on any atom is 0.262 e. The molecule has 1 aliphatic heterocycles. The van der Waals surface area contributed by atoms with Crippen LogP contribution < -0.4 is 5.56 Å². The lowest BCUT2D eigenvalue weighted by atomic mass is 10.1. The topological polar surface area (TPSA) is 97.8 Å². The molecule has 136 valence electrons. The highest BCUT2D eigenvalue weighted by atomic mass is 32.2. The molecule has 0 bridgehead atoms. The van der Waals surface area contributed by atoms with E-state index in [0.29, 0.717) is 17.8 Å². The molecule has 0 N–H and O–H groups in total. The smallest absolute Gasteiger partial charge is 0.262 e. The molecule has 10 heteroatoms. The highest BCUT2D eigenvalue weighted by molar-refractivity contribution is 7.89. The van der Waals surface area contributed by atoms with Gasteiger partial charge in [-0.2, -0.15) is 4.31 Å². The van der Waals surface area contributed by atoms with Crippen molar-refractivity contribution < 1.29 is 17.3 Å². The van der Waals surface area contributed by atoms with E-state index in [1.807, 2.05) is 0 Å². The predicted octanol–water partition coefficient (Wildman–Crippen LogP) is 1.19. The molecule has 26 heavy (non-hydrogen) atoms. The van der Waals surface area contributed by atoms with Crippen molar-refractivity contribution in [1.82, 2.24) is 18.8 Å². The Labute approximate surface area is 147 Å². The summed E-state index contributed by atoms with van der Waals surface area (Å²) in [5.41, 5.74) is 0.908. The van der Waals surface area contributed by atoms with E-state index in [1.165, 1.54) is 23.4 Å². The minimum absolute atomic E-state index is 0.0147. The van der Waals surface area contributed by atoms with Crippen molar-refractivity contribution in [3.63, 3.8) is 0 Å². The molecular weight excluding hydrogens is 363 g/mol. The second-order valence-corrected chi connectivity index (χ2v) is 8.03. The fourth-order valence-corrected chi connectivity index (χ4v) is 4.92. The van der Waals surface area contributed by atoms with Gasteiger partial charge in [-0.15, -0.1) is 0 Å². The molecule has 0 spiro atoms. The maximum atomic E-state index is 13.5. The summed E-state index contributed by atoms with van der Waals surface area (Å²) in [5.74, 6) is -0.374. The Morgan fingerprint density at radius 2 is 2.04 bits per heavy atom. The van der Waals surface area contributed by atoms with Crippen LogP contribution in [0.3, 0.4) is 0 Å². The fraction of sp³-hybridized carbons (Fsp3) is 0.312. The molecular formula is C16H15FN4O4S. The lowest BCUT2D eigenvalue weighted by molar-refractivity contribution is 0.378. The third-order valence-electron chi connectivity index (χ3n) is 4.46. The minimum Gasteiger partial charge on any atom is -0.360 e. The summed E-state index contributed by atoms with van der Waals surface area (Å²) in [7, 11) is -3.87. The zero-order chi connectivity index (χ0) is 18.6. The van der Waals surface area contributed by atoms with Gasteiger partial charge in [0.2, 0.25) is 10.0 Å². The van der Waals surface area contributed by atoms with Crippen molar-refractivity contribution in [2.75, 3.05) is 6.54 Å². The second kappa shape index (κ2) is 5.71. The molecule has 0 amide bonds. The highest BCUT2D eigenvalue weighted by Gasteiger charge is 2.34. The number of halogens is 1. The van der Waals surface area contributed by atoms with Crippen LogP contribution >= 0.6 is 0 Å². The molecule has 3 aromatic heterocycles. The highest BCUT2D eigenvalue weighted by Crippen LogP contribution is 2.27. The third-order valence-corrected chi connectivity index (χ3v) is 6.55. The number of aromatic nitrogens is 3. The van der Waals surface area contributed by atoms with E-state index in [4.69, 9.17) is 4.52 Å². The van der Waals surface area contributed by atoms with Gasteiger partial charge in [0.1, 0.15) is 22.1 Å². The number of fused-ring (bicyclic) bond motifs is 2. The average molecular weight is 378 g/mol. The van der Waals surface area contributed by atoms with Crippen LogP contribution in [0.4, 0.5) is 4.39 Å². The molecule has 0 aliphatic carbocycles. The van der Waals surface area contributed by atoms with Crippen molar-refractivity contribution in [2.45, 2.75) is 31.7 Å². The molecule has 0 fully saturated rings. The molecule has 0 aromatic carbocycles. The van der Waals surface area contributed by atoms with Crippen LogP contribution in [0, 0.1) is 19.7 Å². The van der Waals surface area contributed by atoms with Crippen LogP contribution in [0.1, 0.15) is 22.7 Å². The van der Waals surface area contributed by atoms with Gasteiger partial charge in [0.15, 0.2) is 5.76 Å². The van der Waals surface area contributed by atoms with E-state index in [9.17, 15) is 17.6 Å². The molecule has 3 aromatic rings. The molecule has 8 nitrogen and oxygen atoms in total. The molecule has 0 radical (unpaired) electrons. The van der Waals surface area contributed by atoms with Gasteiger partial charge < -0.3 is 4.52 Å². The lowest BCUT2D eigenvalue weighted by Crippen LogP contribution is -2.40. The van der Waals surface area contributed by atoms with Crippen LogP contribution in [0.25, 0.3) is 5.65 Å². The summed E-state index contributed by atoms with van der Waals surface area (Å²) < 4.78 is 46.7. The number of pyridine rings is 1. The first kappa shape index (κ1) is 16.9. The Morgan fingerprint density at radius 1 is 1.27 bits per heavy atom. The van der Waals surface area contributed by atoms with E-state index in [-0.39, 0.29) is 35.0 Å². The fourth-order valence-electron chi connectivity index (χ4n) is 3.22.